The minimum atomic E-state index is -0.156. The molecule has 0 aliphatic carbocycles. The maximum Gasteiger partial charge on any atom is 0.131 e. The van der Waals surface area contributed by atoms with Gasteiger partial charge in [-0.25, -0.2) is 0 Å². The van der Waals surface area contributed by atoms with Gasteiger partial charge in [-0.05, 0) is 72.4 Å². The molecule has 0 unspecified atom stereocenters. The SMILES string of the molecule is COCCOc1ccc2c(c1)/C(=C/CCN1CCC3(CC1)OCc1cc(Cl)ccc13)c1cccnc1CO2. The van der Waals surface area contributed by atoms with Crippen LogP contribution in [0.1, 0.15) is 47.2 Å². The molecule has 1 spiro atoms. The highest BCUT2D eigenvalue weighted by atomic mass is 35.5. The third-order valence-electron chi connectivity index (χ3n) is 7.86. The molecule has 0 radical (unpaired) electrons. The number of halogens is 1. The predicted octanol–water partition coefficient (Wildman–Crippen LogP) is 6.00. The summed E-state index contributed by atoms with van der Waals surface area (Å²) in [5.41, 5.74) is 6.67. The van der Waals surface area contributed by atoms with E-state index in [1.165, 1.54) is 11.1 Å². The second-order valence-corrected chi connectivity index (χ2v) is 10.6. The van der Waals surface area contributed by atoms with Gasteiger partial charge in [0, 0.05) is 49.1 Å². The molecule has 6 nitrogen and oxygen atoms in total. The van der Waals surface area contributed by atoms with Crippen molar-refractivity contribution in [1.82, 2.24) is 9.88 Å². The lowest BCUT2D eigenvalue weighted by molar-refractivity contribution is -0.0785. The molecule has 3 aromatic rings. The van der Waals surface area contributed by atoms with Crippen molar-refractivity contribution in [2.45, 2.75) is 38.1 Å². The summed E-state index contributed by atoms with van der Waals surface area (Å²) >= 11 is 6.21. The second kappa shape index (κ2) is 11.1. The van der Waals surface area contributed by atoms with Gasteiger partial charge in [0.25, 0.3) is 0 Å². The Labute approximate surface area is 229 Å². The van der Waals surface area contributed by atoms with E-state index >= 15 is 0 Å². The predicted molar refractivity (Wildman–Crippen MR) is 148 cm³/mol. The number of hydrogen-bond acceptors (Lipinski definition) is 6. The van der Waals surface area contributed by atoms with Crippen molar-refractivity contribution < 1.29 is 18.9 Å². The lowest BCUT2D eigenvalue weighted by Gasteiger charge is -2.39. The molecule has 2 aromatic carbocycles. The third-order valence-corrected chi connectivity index (χ3v) is 8.10. The quantitative estimate of drug-likeness (QED) is 0.348. The zero-order chi connectivity index (χ0) is 26.0. The zero-order valence-corrected chi connectivity index (χ0v) is 22.5. The maximum atomic E-state index is 6.36. The van der Waals surface area contributed by atoms with Gasteiger partial charge in [-0.2, -0.15) is 0 Å². The lowest BCUT2D eigenvalue weighted by Crippen LogP contribution is -2.42. The monoisotopic (exact) mass is 532 g/mol. The van der Waals surface area contributed by atoms with Crippen LogP contribution in [0, 0.1) is 0 Å². The van der Waals surface area contributed by atoms with Crippen LogP contribution in [-0.4, -0.2) is 49.8 Å². The number of benzene rings is 2. The number of aromatic nitrogens is 1. The molecular formula is C31H33ClN2O4. The summed E-state index contributed by atoms with van der Waals surface area (Å²) in [4.78, 5) is 7.16. The summed E-state index contributed by atoms with van der Waals surface area (Å²) in [5.74, 6) is 1.66. The van der Waals surface area contributed by atoms with Gasteiger partial charge in [0.15, 0.2) is 0 Å². The Bertz CT molecular complexity index is 1330. The highest BCUT2D eigenvalue weighted by Crippen LogP contribution is 2.45. The largest absolute Gasteiger partial charge is 0.491 e. The molecule has 0 bridgehead atoms. The van der Waals surface area contributed by atoms with Crippen molar-refractivity contribution in [2.24, 2.45) is 0 Å². The molecule has 6 rings (SSSR count). The van der Waals surface area contributed by atoms with Gasteiger partial charge in [-0.1, -0.05) is 29.8 Å². The van der Waals surface area contributed by atoms with E-state index in [1.54, 1.807) is 7.11 Å². The first-order valence-corrected chi connectivity index (χ1v) is 13.7. The zero-order valence-electron chi connectivity index (χ0n) is 21.7. The molecule has 7 heteroatoms. The fourth-order valence-electron chi connectivity index (χ4n) is 5.85. The number of hydrogen-bond donors (Lipinski definition) is 0. The van der Waals surface area contributed by atoms with Crippen LogP contribution in [-0.2, 0) is 28.3 Å². The van der Waals surface area contributed by atoms with Crippen LogP contribution in [0.15, 0.2) is 60.8 Å². The molecule has 0 saturated carbocycles. The lowest BCUT2D eigenvalue weighted by atomic mass is 9.84. The van der Waals surface area contributed by atoms with Crippen LogP contribution in [0.2, 0.25) is 5.02 Å². The van der Waals surface area contributed by atoms with Crippen molar-refractivity contribution in [2.75, 3.05) is 40.0 Å². The third kappa shape index (κ3) is 5.06. The van der Waals surface area contributed by atoms with Gasteiger partial charge < -0.3 is 23.8 Å². The van der Waals surface area contributed by atoms with Crippen molar-refractivity contribution in [3.05, 3.63) is 93.8 Å². The van der Waals surface area contributed by atoms with Crippen molar-refractivity contribution >= 4 is 17.2 Å². The van der Waals surface area contributed by atoms with Gasteiger partial charge in [-0.15, -0.1) is 0 Å². The van der Waals surface area contributed by atoms with E-state index in [1.807, 2.05) is 30.5 Å². The van der Waals surface area contributed by atoms with Crippen LogP contribution in [0.4, 0.5) is 0 Å². The van der Waals surface area contributed by atoms with Crippen LogP contribution in [0.25, 0.3) is 5.57 Å². The van der Waals surface area contributed by atoms with Crippen LogP contribution in [0.5, 0.6) is 11.5 Å². The van der Waals surface area contributed by atoms with Gasteiger partial charge in [-0.3, -0.25) is 4.98 Å². The Morgan fingerprint density at radius 2 is 1.95 bits per heavy atom. The smallest absolute Gasteiger partial charge is 0.131 e. The average molecular weight is 533 g/mol. The number of methoxy groups -OCH3 is 1. The average Bonchev–Trinajstić information content (AvgIpc) is 3.20. The number of piperidine rings is 1. The van der Waals surface area contributed by atoms with Gasteiger partial charge in [0.05, 0.1) is 24.5 Å². The van der Waals surface area contributed by atoms with Gasteiger partial charge in [0.1, 0.15) is 24.7 Å². The fraction of sp³-hybridized carbons (Fsp3) is 0.387. The maximum absolute atomic E-state index is 6.36. The first-order chi connectivity index (χ1) is 18.6. The van der Waals surface area contributed by atoms with Crippen LogP contribution >= 0.6 is 11.6 Å². The van der Waals surface area contributed by atoms with E-state index in [4.69, 9.17) is 30.5 Å². The van der Waals surface area contributed by atoms with Crippen molar-refractivity contribution in [3.63, 3.8) is 0 Å². The highest BCUT2D eigenvalue weighted by Gasteiger charge is 2.42. The number of ether oxygens (including phenoxy) is 4. The molecule has 1 saturated heterocycles. The minimum absolute atomic E-state index is 0.156. The molecule has 1 aromatic heterocycles. The second-order valence-electron chi connectivity index (χ2n) is 10.1. The minimum Gasteiger partial charge on any atom is -0.491 e. The highest BCUT2D eigenvalue weighted by molar-refractivity contribution is 6.30. The Morgan fingerprint density at radius 1 is 1.05 bits per heavy atom. The number of fused-ring (bicyclic) bond motifs is 4. The summed E-state index contributed by atoms with van der Waals surface area (Å²) in [6.07, 6.45) is 7.10. The summed E-state index contributed by atoms with van der Waals surface area (Å²) in [6, 6.07) is 16.4. The van der Waals surface area contributed by atoms with E-state index in [2.05, 4.69) is 40.2 Å². The summed E-state index contributed by atoms with van der Waals surface area (Å²) in [7, 11) is 1.68. The molecule has 0 N–H and O–H groups in total. The number of rotatable bonds is 7. The molecular weight excluding hydrogens is 500 g/mol. The van der Waals surface area contributed by atoms with E-state index in [0.29, 0.717) is 26.4 Å². The molecule has 1 fully saturated rings. The Balaban J connectivity index is 1.18. The summed E-state index contributed by atoms with van der Waals surface area (Å²) in [6.45, 7) is 5.18. The Hall–Kier alpha value is -2.90. The first kappa shape index (κ1) is 25.4. The van der Waals surface area contributed by atoms with E-state index in [-0.39, 0.29) is 5.60 Å². The number of pyridine rings is 1. The number of likely N-dealkylation sites (tertiary alicyclic amines) is 1. The van der Waals surface area contributed by atoms with Gasteiger partial charge in [0.2, 0.25) is 0 Å². The Kier molecular flexibility index (Phi) is 7.39. The first-order valence-electron chi connectivity index (χ1n) is 13.3. The van der Waals surface area contributed by atoms with Gasteiger partial charge >= 0.3 is 0 Å². The van der Waals surface area contributed by atoms with Crippen LogP contribution in [0.3, 0.4) is 0 Å². The van der Waals surface area contributed by atoms with Crippen molar-refractivity contribution in [3.8, 4) is 11.5 Å². The topological polar surface area (TPSA) is 53.1 Å². The molecule has 38 heavy (non-hydrogen) atoms. The molecule has 3 aliphatic rings. The number of nitrogens with zero attached hydrogens (tertiary/aromatic N) is 2. The Morgan fingerprint density at radius 3 is 2.82 bits per heavy atom. The summed E-state index contributed by atoms with van der Waals surface area (Å²) < 4.78 is 23.6. The van der Waals surface area contributed by atoms with E-state index in [9.17, 15) is 0 Å². The molecule has 0 amide bonds. The fourth-order valence-corrected chi connectivity index (χ4v) is 6.04. The molecule has 4 heterocycles. The van der Waals surface area contributed by atoms with E-state index in [0.717, 1.165) is 77.8 Å². The summed E-state index contributed by atoms with van der Waals surface area (Å²) in [5, 5.41) is 0.783. The van der Waals surface area contributed by atoms with Crippen molar-refractivity contribution in [1.29, 1.82) is 0 Å². The van der Waals surface area contributed by atoms with Crippen LogP contribution < -0.4 is 9.47 Å². The molecule has 198 valence electrons. The normalized spacial score (nSPS) is 18.9. The van der Waals surface area contributed by atoms with E-state index < -0.39 is 0 Å². The molecule has 0 atom stereocenters. The standard InChI is InChI=1S/C31H33ClN2O4/c1-35-16-17-36-24-7-9-30-27(19-24)25(26-4-2-12-33-29(26)21-37-30)5-3-13-34-14-10-31(11-15-34)28-8-6-23(32)18-22(28)20-38-31/h2,4-9,12,18-19H,3,10-11,13-17,20-21H2,1H3/b25-5+. The molecule has 3 aliphatic heterocycles.